The molecule has 0 radical (unpaired) electrons. The Morgan fingerprint density at radius 1 is 1.12 bits per heavy atom. The number of hydrogen-bond acceptors (Lipinski definition) is 5. The third-order valence-corrected chi connectivity index (χ3v) is 4.42. The fraction of sp³-hybridized carbons (Fsp3) is 0.200. The average molecular weight is 415 g/mol. The number of halogens is 1. The molecule has 128 valence electrons. The minimum absolute atomic E-state index is 0.0709. The Morgan fingerprint density at radius 2 is 1.79 bits per heavy atom. The lowest BCUT2D eigenvalue weighted by Crippen LogP contribution is -2.27. The van der Waals surface area contributed by atoms with Crippen LogP contribution in [-0.4, -0.2) is 33.0 Å². The number of nitrogens with one attached hydrogen (secondary N) is 2. The predicted octanol–water partition coefficient (Wildman–Crippen LogP) is 2.20. The van der Waals surface area contributed by atoms with E-state index in [-0.39, 0.29) is 29.7 Å². The fourth-order valence-corrected chi connectivity index (χ4v) is 2.60. The van der Waals surface area contributed by atoms with Crippen LogP contribution in [0.3, 0.4) is 0 Å². The van der Waals surface area contributed by atoms with Crippen LogP contribution in [0, 0.1) is 0 Å². The smallest absolute Gasteiger partial charge is 0.287 e. The molecule has 0 aliphatic carbocycles. The van der Waals surface area contributed by atoms with E-state index >= 15 is 0 Å². The van der Waals surface area contributed by atoms with Crippen molar-refractivity contribution < 1.29 is 22.4 Å². The van der Waals surface area contributed by atoms with Gasteiger partial charge in [-0.2, -0.15) is 0 Å². The van der Waals surface area contributed by atoms with Gasteiger partial charge in [0.2, 0.25) is 20.8 Å². The molecule has 2 aromatic rings. The molecule has 0 unspecified atom stereocenters. The van der Waals surface area contributed by atoms with Crippen molar-refractivity contribution in [1.82, 2.24) is 5.32 Å². The Kier molecular flexibility index (Phi) is 5.79. The highest BCUT2D eigenvalue weighted by Crippen LogP contribution is 2.15. The van der Waals surface area contributed by atoms with Gasteiger partial charge in [0.25, 0.3) is 5.91 Å². The van der Waals surface area contributed by atoms with E-state index < -0.39 is 15.7 Å². The fourth-order valence-electron chi connectivity index (χ4n) is 1.77. The van der Waals surface area contributed by atoms with Gasteiger partial charge in [0.1, 0.15) is 0 Å². The van der Waals surface area contributed by atoms with Crippen molar-refractivity contribution in [2.75, 3.05) is 18.1 Å². The Morgan fingerprint density at radius 3 is 2.38 bits per heavy atom. The molecule has 0 bridgehead atoms. The van der Waals surface area contributed by atoms with Crippen LogP contribution in [0.4, 0.5) is 5.69 Å². The van der Waals surface area contributed by atoms with Crippen molar-refractivity contribution in [3.8, 4) is 0 Å². The Bertz CT molecular complexity index is 843. The number of hydrogen-bond donors (Lipinski definition) is 2. The first-order chi connectivity index (χ1) is 11.3. The van der Waals surface area contributed by atoms with Crippen LogP contribution in [0.5, 0.6) is 0 Å². The molecule has 2 amide bonds. The van der Waals surface area contributed by atoms with E-state index in [0.29, 0.717) is 5.69 Å². The van der Waals surface area contributed by atoms with Gasteiger partial charge in [0, 0.05) is 29.4 Å². The highest BCUT2D eigenvalue weighted by molar-refractivity contribution is 9.10. The molecule has 0 aliphatic rings. The van der Waals surface area contributed by atoms with Crippen LogP contribution in [0.15, 0.2) is 50.4 Å². The molecule has 0 aliphatic heterocycles. The van der Waals surface area contributed by atoms with E-state index in [0.717, 1.165) is 10.7 Å². The van der Waals surface area contributed by atoms with Gasteiger partial charge in [-0.25, -0.2) is 8.42 Å². The van der Waals surface area contributed by atoms with Crippen molar-refractivity contribution in [1.29, 1.82) is 0 Å². The number of amides is 2. The first-order valence-electron chi connectivity index (χ1n) is 6.89. The largest absolute Gasteiger partial charge is 0.440 e. The summed E-state index contributed by atoms with van der Waals surface area (Å²) < 4.78 is 28.4. The van der Waals surface area contributed by atoms with E-state index in [1.165, 1.54) is 12.1 Å². The molecular weight excluding hydrogens is 400 g/mol. The molecule has 1 aromatic heterocycles. The lowest BCUT2D eigenvalue weighted by molar-refractivity contribution is -0.116. The SMILES string of the molecule is CS(=O)(=O)c1ccc(C(=O)NCCC(=O)Nc2ccc(Br)cc2)o1. The molecule has 0 spiro atoms. The first kappa shape index (κ1) is 18.2. The predicted molar refractivity (Wildman–Crippen MR) is 91.5 cm³/mol. The normalized spacial score (nSPS) is 11.1. The zero-order valence-corrected chi connectivity index (χ0v) is 15.1. The topological polar surface area (TPSA) is 105 Å². The first-order valence-corrected chi connectivity index (χ1v) is 9.57. The van der Waals surface area contributed by atoms with Crippen molar-refractivity contribution in [3.63, 3.8) is 0 Å². The van der Waals surface area contributed by atoms with Crippen LogP contribution >= 0.6 is 15.9 Å². The third-order valence-electron chi connectivity index (χ3n) is 2.94. The number of sulfone groups is 1. The molecule has 0 atom stereocenters. The van der Waals surface area contributed by atoms with Gasteiger partial charge in [-0.15, -0.1) is 0 Å². The van der Waals surface area contributed by atoms with Crippen molar-refractivity contribution in [2.45, 2.75) is 11.5 Å². The van der Waals surface area contributed by atoms with Crippen molar-refractivity contribution in [2.24, 2.45) is 0 Å². The maximum absolute atomic E-state index is 11.8. The number of rotatable bonds is 6. The number of benzene rings is 1. The van der Waals surface area contributed by atoms with Crippen LogP contribution in [0.1, 0.15) is 17.0 Å². The van der Waals surface area contributed by atoms with E-state index in [1.54, 1.807) is 24.3 Å². The summed E-state index contributed by atoms with van der Waals surface area (Å²) in [6.07, 6.45) is 1.06. The van der Waals surface area contributed by atoms with Gasteiger partial charge in [0.15, 0.2) is 5.76 Å². The van der Waals surface area contributed by atoms with Gasteiger partial charge in [0.05, 0.1) is 0 Å². The van der Waals surface area contributed by atoms with Crippen molar-refractivity contribution >= 4 is 43.3 Å². The lowest BCUT2D eigenvalue weighted by Gasteiger charge is -2.06. The molecule has 0 saturated carbocycles. The van der Waals surface area contributed by atoms with E-state index in [2.05, 4.69) is 26.6 Å². The molecule has 0 saturated heterocycles. The second kappa shape index (κ2) is 7.63. The van der Waals surface area contributed by atoms with Crippen LogP contribution in [0.2, 0.25) is 0 Å². The monoisotopic (exact) mass is 414 g/mol. The number of anilines is 1. The maximum atomic E-state index is 11.8. The summed E-state index contributed by atoms with van der Waals surface area (Å²) in [6, 6.07) is 9.58. The minimum atomic E-state index is -3.50. The Hall–Kier alpha value is -2.13. The summed E-state index contributed by atoms with van der Waals surface area (Å²) in [4.78, 5) is 23.6. The zero-order chi connectivity index (χ0) is 17.7. The molecule has 2 N–H and O–H groups in total. The summed E-state index contributed by atoms with van der Waals surface area (Å²) >= 11 is 3.30. The quantitative estimate of drug-likeness (QED) is 0.753. The summed E-state index contributed by atoms with van der Waals surface area (Å²) in [5.74, 6) is -0.959. The van der Waals surface area contributed by atoms with Crippen LogP contribution in [-0.2, 0) is 14.6 Å². The zero-order valence-electron chi connectivity index (χ0n) is 12.7. The maximum Gasteiger partial charge on any atom is 0.287 e. The molecule has 0 fully saturated rings. The third kappa shape index (κ3) is 5.20. The molecule has 1 aromatic carbocycles. The molecule has 2 rings (SSSR count). The average Bonchev–Trinajstić information content (AvgIpc) is 2.99. The molecular formula is C15H15BrN2O5S. The van der Waals surface area contributed by atoms with E-state index in [1.807, 2.05) is 0 Å². The van der Waals surface area contributed by atoms with Gasteiger partial charge in [-0.1, -0.05) is 15.9 Å². The number of carbonyl (C=O) groups excluding carboxylic acids is 2. The molecule has 1 heterocycles. The molecule has 9 heteroatoms. The summed E-state index contributed by atoms with van der Waals surface area (Å²) in [6.45, 7) is 0.0934. The Balaban J connectivity index is 1.81. The second-order valence-corrected chi connectivity index (χ2v) is 7.81. The van der Waals surface area contributed by atoms with Crippen LogP contribution < -0.4 is 10.6 Å². The second-order valence-electron chi connectivity index (χ2n) is 4.95. The summed E-state index contributed by atoms with van der Waals surface area (Å²) in [5.41, 5.74) is 0.651. The number of furan rings is 1. The van der Waals surface area contributed by atoms with Gasteiger partial charge < -0.3 is 15.1 Å². The highest BCUT2D eigenvalue weighted by Gasteiger charge is 2.16. The standard InChI is InChI=1S/C15H15BrN2O5S/c1-24(21,22)14-7-6-12(23-14)15(20)17-9-8-13(19)18-11-4-2-10(16)3-5-11/h2-7H,8-9H2,1H3,(H,17,20)(H,18,19). The summed E-state index contributed by atoms with van der Waals surface area (Å²) in [7, 11) is -3.50. The lowest BCUT2D eigenvalue weighted by atomic mass is 10.3. The molecule has 24 heavy (non-hydrogen) atoms. The summed E-state index contributed by atoms with van der Waals surface area (Å²) in [5, 5.41) is 4.91. The number of carbonyl (C=O) groups is 2. The Labute approximate surface area is 147 Å². The van der Waals surface area contributed by atoms with Gasteiger partial charge in [-0.3, -0.25) is 9.59 Å². The van der Waals surface area contributed by atoms with Gasteiger partial charge in [-0.05, 0) is 36.4 Å². The molecule has 7 nitrogen and oxygen atoms in total. The van der Waals surface area contributed by atoms with Crippen LogP contribution in [0.25, 0.3) is 0 Å². The van der Waals surface area contributed by atoms with E-state index in [4.69, 9.17) is 4.42 Å². The van der Waals surface area contributed by atoms with E-state index in [9.17, 15) is 18.0 Å². The highest BCUT2D eigenvalue weighted by atomic mass is 79.9. The minimum Gasteiger partial charge on any atom is -0.440 e. The van der Waals surface area contributed by atoms with Gasteiger partial charge >= 0.3 is 0 Å². The van der Waals surface area contributed by atoms with Crippen molar-refractivity contribution in [3.05, 3.63) is 46.6 Å².